The first-order valence-electron chi connectivity index (χ1n) is 4.94. The van der Waals surface area contributed by atoms with Gasteiger partial charge in [-0.2, -0.15) is 0 Å². The predicted octanol–water partition coefficient (Wildman–Crippen LogP) is 0.828. The lowest BCUT2D eigenvalue weighted by Crippen LogP contribution is -2.26. The molecule has 1 aliphatic heterocycles. The number of hydrogen-bond donors (Lipinski definition) is 0. The maximum absolute atomic E-state index is 11.6. The molecule has 0 bridgehead atoms. The molecule has 1 saturated heterocycles. The van der Waals surface area contributed by atoms with Crippen LogP contribution >= 0.6 is 0 Å². The van der Waals surface area contributed by atoms with Crippen LogP contribution in [0.25, 0.3) is 0 Å². The second kappa shape index (κ2) is 4.22. The van der Waals surface area contributed by atoms with E-state index >= 15 is 0 Å². The van der Waals surface area contributed by atoms with E-state index in [0.717, 1.165) is 0 Å². The third-order valence-electron chi connectivity index (χ3n) is 2.52. The average Bonchev–Trinajstić information content (AvgIpc) is 2.71. The van der Waals surface area contributed by atoms with Crippen molar-refractivity contribution < 1.29 is 9.59 Å². The number of aromatic nitrogens is 2. The minimum Gasteiger partial charge on any atom is -0.298 e. The van der Waals surface area contributed by atoms with E-state index in [9.17, 15) is 9.59 Å². The van der Waals surface area contributed by atoms with Crippen LogP contribution in [0.3, 0.4) is 0 Å². The third kappa shape index (κ3) is 1.84. The Morgan fingerprint density at radius 2 is 2.12 bits per heavy atom. The van der Waals surface area contributed by atoms with Gasteiger partial charge in [-0.05, 0) is 0 Å². The fourth-order valence-corrected chi connectivity index (χ4v) is 1.62. The third-order valence-corrected chi connectivity index (χ3v) is 2.52. The van der Waals surface area contributed by atoms with Crippen LogP contribution in [-0.4, -0.2) is 28.7 Å². The summed E-state index contributed by atoms with van der Waals surface area (Å²) in [5, 5.41) is 0. The SMILES string of the molecule is C=CC1CC(=O)N(c2ncc(C=O)cn2)C1. The van der Waals surface area contributed by atoms with Crippen molar-refractivity contribution in [2.24, 2.45) is 5.92 Å². The van der Waals surface area contributed by atoms with E-state index in [4.69, 9.17) is 0 Å². The second-order valence-electron chi connectivity index (χ2n) is 3.64. The van der Waals surface area contributed by atoms with Crippen molar-refractivity contribution in [2.45, 2.75) is 6.42 Å². The zero-order valence-corrected chi connectivity index (χ0v) is 8.67. The minimum absolute atomic E-state index is 0.0104. The van der Waals surface area contributed by atoms with Gasteiger partial charge in [-0.1, -0.05) is 6.08 Å². The molecule has 2 heterocycles. The molecular formula is C11H11N3O2. The molecule has 1 atom stereocenters. The molecule has 1 aromatic heterocycles. The van der Waals surface area contributed by atoms with E-state index in [1.807, 2.05) is 0 Å². The van der Waals surface area contributed by atoms with Crippen LogP contribution in [-0.2, 0) is 4.79 Å². The van der Waals surface area contributed by atoms with Gasteiger partial charge < -0.3 is 0 Å². The van der Waals surface area contributed by atoms with Crippen molar-refractivity contribution in [2.75, 3.05) is 11.4 Å². The summed E-state index contributed by atoms with van der Waals surface area (Å²) in [6.07, 6.45) is 5.69. The van der Waals surface area contributed by atoms with E-state index in [-0.39, 0.29) is 11.8 Å². The zero-order chi connectivity index (χ0) is 11.5. The van der Waals surface area contributed by atoms with Crippen LogP contribution in [0.4, 0.5) is 5.95 Å². The van der Waals surface area contributed by atoms with Gasteiger partial charge in [0.25, 0.3) is 0 Å². The van der Waals surface area contributed by atoms with Gasteiger partial charge in [-0.25, -0.2) is 9.97 Å². The van der Waals surface area contributed by atoms with Gasteiger partial charge in [0, 0.05) is 31.3 Å². The van der Waals surface area contributed by atoms with Crippen LogP contribution in [0.2, 0.25) is 0 Å². The maximum Gasteiger partial charge on any atom is 0.232 e. The van der Waals surface area contributed by atoms with E-state index in [0.29, 0.717) is 30.8 Å². The first-order valence-corrected chi connectivity index (χ1v) is 4.94. The highest BCUT2D eigenvalue weighted by molar-refractivity contribution is 5.94. The Morgan fingerprint density at radius 3 is 2.62 bits per heavy atom. The molecular weight excluding hydrogens is 206 g/mol. The molecule has 1 aromatic rings. The normalized spacial score (nSPS) is 19.9. The van der Waals surface area contributed by atoms with Crippen LogP contribution in [0.1, 0.15) is 16.8 Å². The Balaban J connectivity index is 2.21. The van der Waals surface area contributed by atoms with Gasteiger partial charge in [0.15, 0.2) is 6.29 Å². The summed E-state index contributed by atoms with van der Waals surface area (Å²) in [5.41, 5.74) is 0.399. The summed E-state index contributed by atoms with van der Waals surface area (Å²) in [5.74, 6) is 0.491. The highest BCUT2D eigenvalue weighted by atomic mass is 16.2. The van der Waals surface area contributed by atoms with Crippen LogP contribution in [0.5, 0.6) is 0 Å². The molecule has 0 aliphatic carbocycles. The Labute approximate surface area is 92.8 Å². The fraction of sp³-hybridized carbons (Fsp3) is 0.273. The first-order chi connectivity index (χ1) is 7.74. The summed E-state index contributed by atoms with van der Waals surface area (Å²) in [6.45, 7) is 4.22. The number of nitrogens with zero attached hydrogens (tertiary/aromatic N) is 3. The van der Waals surface area contributed by atoms with E-state index in [1.165, 1.54) is 17.3 Å². The zero-order valence-electron chi connectivity index (χ0n) is 8.67. The number of aldehydes is 1. The molecule has 0 radical (unpaired) electrons. The summed E-state index contributed by atoms with van der Waals surface area (Å²) in [6, 6.07) is 0. The van der Waals surface area contributed by atoms with Crippen molar-refractivity contribution >= 4 is 18.1 Å². The van der Waals surface area contributed by atoms with Gasteiger partial charge >= 0.3 is 0 Å². The van der Waals surface area contributed by atoms with Crippen LogP contribution < -0.4 is 4.90 Å². The molecule has 0 spiro atoms. The predicted molar refractivity (Wildman–Crippen MR) is 58.1 cm³/mol. The van der Waals surface area contributed by atoms with Crippen molar-refractivity contribution in [3.63, 3.8) is 0 Å². The van der Waals surface area contributed by atoms with Crippen molar-refractivity contribution in [3.05, 3.63) is 30.6 Å². The number of carbonyl (C=O) groups excluding carboxylic acids is 2. The lowest BCUT2D eigenvalue weighted by molar-refractivity contribution is -0.117. The molecule has 5 heteroatoms. The van der Waals surface area contributed by atoms with E-state index in [2.05, 4.69) is 16.5 Å². The Hall–Kier alpha value is -2.04. The summed E-state index contributed by atoms with van der Waals surface area (Å²) in [7, 11) is 0. The van der Waals surface area contributed by atoms with Gasteiger partial charge in [-0.15, -0.1) is 6.58 Å². The van der Waals surface area contributed by atoms with Crippen molar-refractivity contribution in [3.8, 4) is 0 Å². The summed E-state index contributed by atoms with van der Waals surface area (Å²) < 4.78 is 0. The summed E-state index contributed by atoms with van der Waals surface area (Å²) >= 11 is 0. The fourth-order valence-electron chi connectivity index (χ4n) is 1.62. The highest BCUT2D eigenvalue weighted by Gasteiger charge is 2.30. The van der Waals surface area contributed by atoms with Crippen LogP contribution in [0.15, 0.2) is 25.0 Å². The molecule has 16 heavy (non-hydrogen) atoms. The monoisotopic (exact) mass is 217 g/mol. The standard InChI is InChI=1S/C11H11N3O2/c1-2-8-3-10(16)14(6-8)11-12-4-9(7-15)5-13-11/h2,4-5,7-8H,1,3,6H2. The van der Waals surface area contributed by atoms with E-state index < -0.39 is 0 Å². The smallest absolute Gasteiger partial charge is 0.232 e. The number of hydrogen-bond acceptors (Lipinski definition) is 4. The van der Waals surface area contributed by atoms with Gasteiger partial charge in [0.05, 0.1) is 5.56 Å². The quantitative estimate of drug-likeness (QED) is 0.555. The molecule has 0 aromatic carbocycles. The van der Waals surface area contributed by atoms with E-state index in [1.54, 1.807) is 6.08 Å². The number of rotatable bonds is 3. The number of carbonyl (C=O) groups is 2. The molecule has 2 rings (SSSR count). The van der Waals surface area contributed by atoms with Gasteiger partial charge in [-0.3, -0.25) is 14.5 Å². The van der Waals surface area contributed by atoms with Crippen molar-refractivity contribution in [1.82, 2.24) is 9.97 Å². The minimum atomic E-state index is -0.0104. The van der Waals surface area contributed by atoms with Gasteiger partial charge in [0.1, 0.15) is 0 Å². The molecule has 1 aliphatic rings. The maximum atomic E-state index is 11.6. The molecule has 5 nitrogen and oxygen atoms in total. The lowest BCUT2D eigenvalue weighted by atomic mass is 10.1. The molecule has 82 valence electrons. The molecule has 0 N–H and O–H groups in total. The average molecular weight is 217 g/mol. The molecule has 0 saturated carbocycles. The van der Waals surface area contributed by atoms with Crippen LogP contribution in [0, 0.1) is 5.92 Å². The highest BCUT2D eigenvalue weighted by Crippen LogP contribution is 2.22. The number of anilines is 1. The number of amides is 1. The Kier molecular flexibility index (Phi) is 2.76. The molecule has 1 unspecified atom stereocenters. The first kappa shape index (κ1) is 10.5. The Morgan fingerprint density at radius 1 is 1.44 bits per heavy atom. The summed E-state index contributed by atoms with van der Waals surface area (Å²) in [4.78, 5) is 31.5. The second-order valence-corrected chi connectivity index (χ2v) is 3.64. The largest absolute Gasteiger partial charge is 0.298 e. The Bertz CT molecular complexity index is 427. The van der Waals surface area contributed by atoms with Crippen molar-refractivity contribution in [1.29, 1.82) is 0 Å². The molecule has 1 amide bonds. The lowest BCUT2D eigenvalue weighted by Gasteiger charge is -2.12. The van der Waals surface area contributed by atoms with Gasteiger partial charge in [0.2, 0.25) is 11.9 Å². The topological polar surface area (TPSA) is 63.2 Å². The molecule has 1 fully saturated rings.